The van der Waals surface area contributed by atoms with Gasteiger partial charge in [-0.2, -0.15) is 5.26 Å². The van der Waals surface area contributed by atoms with Gasteiger partial charge in [0.25, 0.3) is 0 Å². The van der Waals surface area contributed by atoms with Gasteiger partial charge in [-0.3, -0.25) is 9.69 Å². The highest BCUT2D eigenvalue weighted by atomic mass is 16.5. The molecule has 6 nitrogen and oxygen atoms in total. The molecule has 0 bridgehead atoms. The van der Waals surface area contributed by atoms with Crippen molar-refractivity contribution in [3.63, 3.8) is 0 Å². The molecule has 1 amide bonds. The first-order valence-electron chi connectivity index (χ1n) is 9.44. The van der Waals surface area contributed by atoms with Crippen molar-refractivity contribution in [2.45, 2.75) is 25.5 Å². The van der Waals surface area contributed by atoms with E-state index in [9.17, 15) is 4.79 Å². The second-order valence-corrected chi connectivity index (χ2v) is 6.86. The summed E-state index contributed by atoms with van der Waals surface area (Å²) >= 11 is 0. The van der Waals surface area contributed by atoms with Crippen LogP contribution in [0.15, 0.2) is 48.5 Å². The lowest BCUT2D eigenvalue weighted by molar-refractivity contribution is -0.117. The van der Waals surface area contributed by atoms with Crippen molar-refractivity contribution >= 4 is 11.6 Å². The van der Waals surface area contributed by atoms with Gasteiger partial charge in [0.1, 0.15) is 5.75 Å². The molecule has 1 N–H and O–H groups in total. The number of hydrogen-bond acceptors (Lipinski definition) is 5. The molecule has 3 rings (SSSR count). The molecule has 1 atom stereocenters. The predicted molar refractivity (Wildman–Crippen MR) is 107 cm³/mol. The van der Waals surface area contributed by atoms with Crippen LogP contribution >= 0.6 is 0 Å². The standard InChI is InChI=1S/C22H25N3O3/c1-27-21-10-3-2-7-18(21)14-25(15-20-9-5-11-28-20)16-22(26)24-19-8-4-6-17(12-19)13-23/h2-4,6-8,10,12,20H,5,9,11,14-16H2,1H3,(H,24,26). The zero-order valence-corrected chi connectivity index (χ0v) is 16.1. The highest BCUT2D eigenvalue weighted by Crippen LogP contribution is 2.21. The van der Waals surface area contributed by atoms with Crippen molar-refractivity contribution in [2.75, 3.05) is 32.1 Å². The normalized spacial score (nSPS) is 16.0. The van der Waals surface area contributed by atoms with Crippen LogP contribution in [-0.2, 0) is 16.1 Å². The van der Waals surface area contributed by atoms with Crippen molar-refractivity contribution < 1.29 is 14.3 Å². The van der Waals surface area contributed by atoms with Gasteiger partial charge in [0, 0.05) is 30.9 Å². The summed E-state index contributed by atoms with van der Waals surface area (Å²) in [4.78, 5) is 14.7. The zero-order valence-electron chi connectivity index (χ0n) is 16.1. The molecule has 1 saturated heterocycles. The zero-order chi connectivity index (χ0) is 19.8. The van der Waals surface area contributed by atoms with Crippen molar-refractivity contribution in [2.24, 2.45) is 0 Å². The summed E-state index contributed by atoms with van der Waals surface area (Å²) in [6.45, 7) is 2.29. The Morgan fingerprint density at radius 3 is 2.93 bits per heavy atom. The molecule has 1 unspecified atom stereocenters. The maximum absolute atomic E-state index is 12.6. The largest absolute Gasteiger partial charge is 0.496 e. The van der Waals surface area contributed by atoms with Gasteiger partial charge in [-0.05, 0) is 37.1 Å². The van der Waals surface area contributed by atoms with Crippen molar-refractivity contribution in [1.29, 1.82) is 5.26 Å². The molecule has 2 aromatic rings. The number of ether oxygens (including phenoxy) is 2. The number of methoxy groups -OCH3 is 1. The average molecular weight is 379 g/mol. The molecule has 1 aliphatic rings. The molecule has 146 valence electrons. The molecule has 1 fully saturated rings. The van der Waals surface area contributed by atoms with Crippen LogP contribution in [0.25, 0.3) is 0 Å². The Labute approximate surface area is 165 Å². The third kappa shape index (κ3) is 5.56. The van der Waals surface area contributed by atoms with E-state index < -0.39 is 0 Å². The van der Waals surface area contributed by atoms with E-state index in [1.165, 1.54) is 0 Å². The number of rotatable bonds is 8. The quantitative estimate of drug-likeness (QED) is 0.762. The second-order valence-electron chi connectivity index (χ2n) is 6.86. The number of benzene rings is 2. The van der Waals surface area contributed by atoms with E-state index in [-0.39, 0.29) is 18.6 Å². The number of nitrogens with one attached hydrogen (secondary N) is 1. The predicted octanol–water partition coefficient (Wildman–Crippen LogP) is 3.19. The van der Waals surface area contributed by atoms with Crippen LogP contribution in [-0.4, -0.2) is 43.7 Å². The van der Waals surface area contributed by atoms with Gasteiger partial charge in [-0.15, -0.1) is 0 Å². The highest BCUT2D eigenvalue weighted by molar-refractivity contribution is 5.92. The summed E-state index contributed by atoms with van der Waals surface area (Å²) in [5.74, 6) is 0.685. The number of amides is 1. The van der Waals surface area contributed by atoms with Crippen molar-refractivity contribution in [3.8, 4) is 11.8 Å². The lowest BCUT2D eigenvalue weighted by atomic mass is 10.1. The van der Waals surface area contributed by atoms with Crippen molar-refractivity contribution in [1.82, 2.24) is 4.90 Å². The van der Waals surface area contributed by atoms with Crippen LogP contribution < -0.4 is 10.1 Å². The molecule has 6 heteroatoms. The fourth-order valence-electron chi connectivity index (χ4n) is 3.41. The molecule has 0 spiro atoms. The van der Waals surface area contributed by atoms with E-state index in [1.807, 2.05) is 24.3 Å². The number of anilines is 1. The van der Waals surface area contributed by atoms with Crippen LogP contribution in [0.3, 0.4) is 0 Å². The fraction of sp³-hybridized carbons (Fsp3) is 0.364. The van der Waals surface area contributed by atoms with E-state index in [2.05, 4.69) is 16.3 Å². The number of carbonyl (C=O) groups is 1. The van der Waals surface area contributed by atoms with Crippen LogP contribution in [0, 0.1) is 11.3 Å². The second kappa shape index (κ2) is 9.88. The SMILES string of the molecule is COc1ccccc1CN(CC(=O)Nc1cccc(C#N)c1)CC1CCCO1. The molecular formula is C22H25N3O3. The van der Waals surface area contributed by atoms with E-state index in [4.69, 9.17) is 14.7 Å². The van der Waals surface area contributed by atoms with Gasteiger partial charge in [0.05, 0.1) is 31.4 Å². The first-order valence-corrected chi connectivity index (χ1v) is 9.44. The minimum Gasteiger partial charge on any atom is -0.496 e. The summed E-state index contributed by atoms with van der Waals surface area (Å²) in [7, 11) is 1.65. The number of nitriles is 1. The first kappa shape index (κ1) is 19.9. The van der Waals surface area contributed by atoms with E-state index in [0.717, 1.165) is 30.8 Å². The number of nitrogens with zero attached hydrogens (tertiary/aromatic N) is 2. The molecule has 0 radical (unpaired) electrons. The summed E-state index contributed by atoms with van der Waals surface area (Å²) in [6, 6.07) is 16.8. The third-order valence-corrected chi connectivity index (χ3v) is 4.71. The number of para-hydroxylation sites is 1. The summed E-state index contributed by atoms with van der Waals surface area (Å²) in [6.07, 6.45) is 2.21. The topological polar surface area (TPSA) is 74.6 Å². The average Bonchev–Trinajstić information content (AvgIpc) is 3.21. The van der Waals surface area contributed by atoms with Gasteiger partial charge in [-0.1, -0.05) is 24.3 Å². The maximum Gasteiger partial charge on any atom is 0.238 e. The molecule has 0 aliphatic carbocycles. The molecule has 0 saturated carbocycles. The molecule has 0 aromatic heterocycles. The Kier molecular flexibility index (Phi) is 7.01. The lowest BCUT2D eigenvalue weighted by Crippen LogP contribution is -2.38. The summed E-state index contributed by atoms with van der Waals surface area (Å²) < 4.78 is 11.2. The molecule has 1 aliphatic heterocycles. The minimum atomic E-state index is -0.122. The fourth-order valence-corrected chi connectivity index (χ4v) is 3.41. The Balaban J connectivity index is 1.68. The highest BCUT2D eigenvalue weighted by Gasteiger charge is 2.22. The van der Waals surface area contributed by atoms with Gasteiger partial charge in [-0.25, -0.2) is 0 Å². The number of hydrogen-bond donors (Lipinski definition) is 1. The van der Waals surface area contributed by atoms with E-state index in [0.29, 0.717) is 24.3 Å². The lowest BCUT2D eigenvalue weighted by Gasteiger charge is -2.25. The summed E-state index contributed by atoms with van der Waals surface area (Å²) in [5.41, 5.74) is 2.17. The molecular weight excluding hydrogens is 354 g/mol. The van der Waals surface area contributed by atoms with Gasteiger partial charge in [0.2, 0.25) is 5.91 Å². The minimum absolute atomic E-state index is 0.122. The Hall–Kier alpha value is -2.88. The number of carbonyl (C=O) groups excluding carboxylic acids is 1. The van der Waals surface area contributed by atoms with Crippen molar-refractivity contribution in [3.05, 3.63) is 59.7 Å². The maximum atomic E-state index is 12.6. The Morgan fingerprint density at radius 2 is 2.18 bits per heavy atom. The van der Waals surface area contributed by atoms with Gasteiger partial charge in [0.15, 0.2) is 0 Å². The monoisotopic (exact) mass is 379 g/mol. The van der Waals surface area contributed by atoms with Gasteiger partial charge < -0.3 is 14.8 Å². The van der Waals surface area contributed by atoms with Crippen LogP contribution in [0.4, 0.5) is 5.69 Å². The molecule has 2 aromatic carbocycles. The van der Waals surface area contributed by atoms with Gasteiger partial charge >= 0.3 is 0 Å². The Morgan fingerprint density at radius 1 is 1.32 bits per heavy atom. The van der Waals surface area contributed by atoms with Crippen LogP contribution in [0.1, 0.15) is 24.0 Å². The molecule has 28 heavy (non-hydrogen) atoms. The Bertz CT molecular complexity index is 841. The first-order chi connectivity index (χ1) is 13.7. The van der Waals surface area contributed by atoms with E-state index in [1.54, 1.807) is 31.4 Å². The molecule has 1 heterocycles. The van der Waals surface area contributed by atoms with E-state index >= 15 is 0 Å². The smallest absolute Gasteiger partial charge is 0.238 e. The summed E-state index contributed by atoms with van der Waals surface area (Å²) in [5, 5.41) is 11.9. The van der Waals surface area contributed by atoms with Crippen LogP contribution in [0.2, 0.25) is 0 Å². The van der Waals surface area contributed by atoms with Crippen LogP contribution in [0.5, 0.6) is 5.75 Å². The third-order valence-electron chi connectivity index (χ3n) is 4.71.